The summed E-state index contributed by atoms with van der Waals surface area (Å²) in [6.07, 6.45) is 14.4. The Kier molecular flexibility index (Phi) is 5.81. The fourth-order valence-corrected chi connectivity index (χ4v) is 6.41. The van der Waals surface area contributed by atoms with Crippen molar-refractivity contribution in [3.63, 3.8) is 0 Å². The highest BCUT2D eigenvalue weighted by molar-refractivity contribution is 5.99. The van der Waals surface area contributed by atoms with Crippen LogP contribution in [0.15, 0.2) is 24.5 Å². The molecular formula is C29H39N5O2. The van der Waals surface area contributed by atoms with Crippen molar-refractivity contribution >= 4 is 11.6 Å². The summed E-state index contributed by atoms with van der Waals surface area (Å²) in [5.74, 6) is 1.53. The van der Waals surface area contributed by atoms with E-state index in [1.54, 1.807) is 0 Å². The molecule has 0 radical (unpaired) electrons. The normalized spacial score (nSPS) is 25.8. The van der Waals surface area contributed by atoms with Crippen molar-refractivity contribution < 1.29 is 9.53 Å². The highest BCUT2D eigenvalue weighted by Gasteiger charge is 2.39. The van der Waals surface area contributed by atoms with Crippen molar-refractivity contribution in [3.05, 3.63) is 30.1 Å². The lowest BCUT2D eigenvalue weighted by atomic mass is 9.91. The Bertz CT molecular complexity index is 1120. The molecule has 1 atom stereocenters. The van der Waals surface area contributed by atoms with Crippen LogP contribution in [0, 0.1) is 5.92 Å². The number of nitrogens with one attached hydrogen (secondary N) is 1. The lowest BCUT2D eigenvalue weighted by Gasteiger charge is -2.42. The Morgan fingerprint density at radius 3 is 2.50 bits per heavy atom. The van der Waals surface area contributed by atoms with Crippen molar-refractivity contribution in [1.29, 1.82) is 0 Å². The number of nitrogens with zero attached hydrogens (tertiary/aromatic N) is 4. The molecule has 5 aliphatic rings. The van der Waals surface area contributed by atoms with Gasteiger partial charge in [-0.3, -0.25) is 14.4 Å². The standard InChI is InChI=1S/C29H39N5O2/c1-19-5-8-26-27(34(19)29(35)20-6-7-20)10-9-25(28(26)36-24-3-2-4-24)21-15-31-33(18-21)22-11-13-32(14-12-22)23-16-30-17-23/h9-10,15,18-20,22-24,30H,2-8,11-14,16-17H2,1H3/t19-/m0/s1. The first-order valence-electron chi connectivity index (χ1n) is 14.3. The summed E-state index contributed by atoms with van der Waals surface area (Å²) in [4.78, 5) is 17.9. The fourth-order valence-electron chi connectivity index (χ4n) is 6.41. The topological polar surface area (TPSA) is 62.6 Å². The maximum atomic E-state index is 13.2. The van der Waals surface area contributed by atoms with Crippen molar-refractivity contribution in [2.24, 2.45) is 5.92 Å². The van der Waals surface area contributed by atoms with Crippen molar-refractivity contribution in [1.82, 2.24) is 20.0 Å². The van der Waals surface area contributed by atoms with E-state index >= 15 is 0 Å². The third-order valence-corrected chi connectivity index (χ3v) is 9.31. The molecule has 2 aliphatic carbocycles. The molecule has 1 aromatic carbocycles. The molecule has 7 heteroatoms. The summed E-state index contributed by atoms with van der Waals surface area (Å²) in [5, 5.41) is 8.24. The van der Waals surface area contributed by atoms with E-state index in [0.29, 0.717) is 18.1 Å². The van der Waals surface area contributed by atoms with E-state index in [1.165, 1.54) is 12.0 Å². The Balaban J connectivity index is 1.18. The summed E-state index contributed by atoms with van der Waals surface area (Å²) in [6.45, 7) is 6.79. The minimum atomic E-state index is 0.222. The number of likely N-dealkylation sites (tertiary alicyclic amines) is 1. The number of carbonyl (C=O) groups is 1. The first-order chi connectivity index (χ1) is 17.7. The van der Waals surface area contributed by atoms with E-state index in [2.05, 4.69) is 45.1 Å². The third kappa shape index (κ3) is 4.04. The highest BCUT2D eigenvalue weighted by Crippen LogP contribution is 2.46. The molecule has 2 saturated heterocycles. The minimum Gasteiger partial charge on any atom is -0.489 e. The van der Waals surface area contributed by atoms with Crippen LogP contribution < -0.4 is 15.0 Å². The number of fused-ring (bicyclic) bond motifs is 1. The molecule has 4 heterocycles. The summed E-state index contributed by atoms with van der Waals surface area (Å²) in [6, 6.07) is 5.80. The van der Waals surface area contributed by atoms with E-state index in [0.717, 1.165) is 106 Å². The number of anilines is 1. The zero-order valence-corrected chi connectivity index (χ0v) is 21.5. The van der Waals surface area contributed by atoms with Crippen LogP contribution in [-0.4, -0.2) is 65.0 Å². The van der Waals surface area contributed by atoms with Crippen LogP contribution in [0.4, 0.5) is 5.69 Å². The molecule has 1 N–H and O–H groups in total. The van der Waals surface area contributed by atoms with E-state index in [9.17, 15) is 4.79 Å². The molecule has 0 spiro atoms. The monoisotopic (exact) mass is 489 g/mol. The molecular weight excluding hydrogens is 450 g/mol. The van der Waals surface area contributed by atoms with Gasteiger partial charge in [0.15, 0.2) is 0 Å². The van der Waals surface area contributed by atoms with Gasteiger partial charge in [0.05, 0.1) is 24.0 Å². The summed E-state index contributed by atoms with van der Waals surface area (Å²) in [5.41, 5.74) is 4.57. The van der Waals surface area contributed by atoms with Gasteiger partial charge in [-0.05, 0) is 76.8 Å². The second-order valence-corrected chi connectivity index (χ2v) is 11.8. The van der Waals surface area contributed by atoms with Crippen LogP contribution in [0.2, 0.25) is 0 Å². The predicted octanol–water partition coefficient (Wildman–Crippen LogP) is 4.17. The molecule has 192 valence electrons. The Hall–Kier alpha value is -2.38. The third-order valence-electron chi connectivity index (χ3n) is 9.31. The molecule has 0 unspecified atom stereocenters. The maximum absolute atomic E-state index is 13.2. The van der Waals surface area contributed by atoms with Crippen LogP contribution in [-0.2, 0) is 11.2 Å². The van der Waals surface area contributed by atoms with Gasteiger partial charge in [-0.25, -0.2) is 0 Å². The lowest BCUT2D eigenvalue weighted by molar-refractivity contribution is -0.120. The van der Waals surface area contributed by atoms with Crippen molar-refractivity contribution in [2.75, 3.05) is 31.1 Å². The summed E-state index contributed by atoms with van der Waals surface area (Å²) in [7, 11) is 0. The molecule has 36 heavy (non-hydrogen) atoms. The van der Waals surface area contributed by atoms with Crippen molar-refractivity contribution in [2.45, 2.75) is 88.9 Å². The van der Waals surface area contributed by atoms with Crippen LogP contribution in [0.5, 0.6) is 5.75 Å². The number of carbonyl (C=O) groups excluding carboxylic acids is 1. The Morgan fingerprint density at radius 2 is 1.83 bits per heavy atom. The first kappa shape index (κ1) is 22.8. The quantitative estimate of drug-likeness (QED) is 0.660. The molecule has 2 aromatic rings. The van der Waals surface area contributed by atoms with Gasteiger partial charge in [0.2, 0.25) is 5.91 Å². The van der Waals surface area contributed by atoms with E-state index < -0.39 is 0 Å². The van der Waals surface area contributed by atoms with E-state index in [1.807, 2.05) is 6.20 Å². The number of hydrogen-bond acceptors (Lipinski definition) is 5. The SMILES string of the molecule is C[C@H]1CCc2c(ccc(-c3cnn(C4CCN(C5CNC5)CC4)c3)c2OC2CCC2)N1C(=O)C1CC1. The molecule has 0 bridgehead atoms. The predicted molar refractivity (Wildman–Crippen MR) is 140 cm³/mol. The average Bonchev–Trinajstić information content (AvgIpc) is 3.57. The molecule has 3 aliphatic heterocycles. The van der Waals surface area contributed by atoms with Crippen LogP contribution in [0.25, 0.3) is 11.1 Å². The van der Waals surface area contributed by atoms with Gasteiger partial charge in [0.1, 0.15) is 5.75 Å². The zero-order chi connectivity index (χ0) is 24.2. The van der Waals surface area contributed by atoms with Gasteiger partial charge in [-0.1, -0.05) is 0 Å². The summed E-state index contributed by atoms with van der Waals surface area (Å²) < 4.78 is 8.90. The molecule has 2 saturated carbocycles. The number of piperidine rings is 1. The number of aromatic nitrogens is 2. The molecule has 1 amide bonds. The van der Waals surface area contributed by atoms with Crippen LogP contribution >= 0.6 is 0 Å². The number of benzene rings is 1. The number of hydrogen-bond donors (Lipinski definition) is 1. The minimum absolute atomic E-state index is 0.222. The number of amides is 1. The second kappa shape index (κ2) is 9.18. The van der Waals surface area contributed by atoms with Gasteiger partial charge in [-0.2, -0.15) is 5.10 Å². The highest BCUT2D eigenvalue weighted by atomic mass is 16.5. The Morgan fingerprint density at radius 1 is 1.03 bits per heavy atom. The second-order valence-electron chi connectivity index (χ2n) is 11.8. The van der Waals surface area contributed by atoms with Gasteiger partial charge in [0.25, 0.3) is 0 Å². The lowest BCUT2D eigenvalue weighted by Crippen LogP contribution is -2.58. The van der Waals surface area contributed by atoms with Crippen LogP contribution in [0.3, 0.4) is 0 Å². The molecule has 7 rings (SSSR count). The smallest absolute Gasteiger partial charge is 0.230 e. The average molecular weight is 490 g/mol. The summed E-state index contributed by atoms with van der Waals surface area (Å²) >= 11 is 0. The molecule has 4 fully saturated rings. The van der Waals surface area contributed by atoms with E-state index in [4.69, 9.17) is 9.84 Å². The van der Waals surface area contributed by atoms with Gasteiger partial charge >= 0.3 is 0 Å². The van der Waals surface area contributed by atoms with Crippen LogP contribution in [0.1, 0.15) is 69.9 Å². The zero-order valence-electron chi connectivity index (χ0n) is 21.5. The first-order valence-corrected chi connectivity index (χ1v) is 14.3. The van der Waals surface area contributed by atoms with Gasteiger partial charge < -0.3 is 15.0 Å². The van der Waals surface area contributed by atoms with Gasteiger partial charge in [-0.15, -0.1) is 0 Å². The largest absolute Gasteiger partial charge is 0.489 e. The van der Waals surface area contributed by atoms with Crippen molar-refractivity contribution in [3.8, 4) is 16.9 Å². The molecule has 1 aromatic heterocycles. The van der Waals surface area contributed by atoms with E-state index in [-0.39, 0.29) is 12.0 Å². The number of ether oxygens (including phenoxy) is 1. The fraction of sp³-hybridized carbons (Fsp3) is 0.655. The molecule has 7 nitrogen and oxygen atoms in total. The van der Waals surface area contributed by atoms with Gasteiger partial charge in [0, 0.05) is 67.1 Å². The number of rotatable bonds is 6. The maximum Gasteiger partial charge on any atom is 0.230 e. The Labute approximate surface area is 214 Å².